The van der Waals surface area contributed by atoms with Gasteiger partial charge >= 0.3 is 17.8 Å². The maximum atomic E-state index is 12.3. The molecular weight excluding hydrogens is 356 g/mol. The highest BCUT2D eigenvalue weighted by Gasteiger charge is 2.18. The van der Waals surface area contributed by atoms with E-state index in [1.807, 2.05) is 19.1 Å². The molecule has 0 saturated carbocycles. The summed E-state index contributed by atoms with van der Waals surface area (Å²) in [5.74, 6) is -1.83. The van der Waals surface area contributed by atoms with E-state index in [1.165, 1.54) is 0 Å². The number of anilines is 2. The Kier molecular flexibility index (Phi) is 7.75. The van der Waals surface area contributed by atoms with Crippen LogP contribution in [-0.2, 0) is 14.3 Å². The van der Waals surface area contributed by atoms with E-state index in [1.54, 1.807) is 36.4 Å². The van der Waals surface area contributed by atoms with Crippen molar-refractivity contribution in [1.29, 1.82) is 0 Å². The monoisotopic (exact) mass is 382 g/mol. The Morgan fingerprint density at radius 2 is 1.57 bits per heavy atom. The lowest BCUT2D eigenvalue weighted by Gasteiger charge is -2.11. The summed E-state index contributed by atoms with van der Waals surface area (Å²) in [4.78, 5) is 36.6. The quantitative estimate of drug-likeness (QED) is 0.424. The first-order chi connectivity index (χ1) is 13.4. The molecule has 2 N–H and O–H groups in total. The second-order valence-corrected chi connectivity index (χ2v) is 6.72. The van der Waals surface area contributed by atoms with Gasteiger partial charge in [-0.2, -0.15) is 0 Å². The highest BCUT2D eigenvalue weighted by Crippen LogP contribution is 2.18. The molecule has 2 rings (SSSR count). The lowest BCUT2D eigenvalue weighted by atomic mass is 10.0. The molecule has 0 fully saturated rings. The molecule has 28 heavy (non-hydrogen) atoms. The fourth-order valence-electron chi connectivity index (χ4n) is 2.48. The summed E-state index contributed by atoms with van der Waals surface area (Å²) in [6.45, 7) is 6.46. The summed E-state index contributed by atoms with van der Waals surface area (Å²) >= 11 is 0. The highest BCUT2D eigenvalue weighted by molar-refractivity contribution is 6.43. The molecule has 148 valence electrons. The number of carbonyl (C=O) groups is 3. The van der Waals surface area contributed by atoms with Gasteiger partial charge in [-0.05, 0) is 42.2 Å². The number of hydrogen-bond acceptors (Lipinski definition) is 4. The van der Waals surface area contributed by atoms with Crippen LogP contribution in [0.1, 0.15) is 55.5 Å². The van der Waals surface area contributed by atoms with Crippen molar-refractivity contribution in [3.05, 3.63) is 59.7 Å². The van der Waals surface area contributed by atoms with Crippen molar-refractivity contribution in [2.24, 2.45) is 0 Å². The lowest BCUT2D eigenvalue weighted by Crippen LogP contribution is -2.29. The zero-order valence-electron chi connectivity index (χ0n) is 16.5. The van der Waals surface area contributed by atoms with Crippen LogP contribution in [0.25, 0.3) is 0 Å². The molecule has 2 aromatic carbocycles. The smallest absolute Gasteiger partial charge is 0.340 e. The maximum absolute atomic E-state index is 12.3. The second kappa shape index (κ2) is 10.3. The molecule has 0 atom stereocenters. The Morgan fingerprint density at radius 3 is 2.21 bits per heavy atom. The molecule has 0 aromatic heterocycles. The van der Waals surface area contributed by atoms with Gasteiger partial charge in [0.25, 0.3) is 0 Å². The Balaban J connectivity index is 2.02. The van der Waals surface area contributed by atoms with E-state index in [0.29, 0.717) is 18.2 Å². The van der Waals surface area contributed by atoms with Crippen molar-refractivity contribution < 1.29 is 19.1 Å². The minimum Gasteiger partial charge on any atom is -0.462 e. The highest BCUT2D eigenvalue weighted by atomic mass is 16.5. The van der Waals surface area contributed by atoms with E-state index in [0.717, 1.165) is 18.4 Å². The topological polar surface area (TPSA) is 84.5 Å². The van der Waals surface area contributed by atoms with E-state index >= 15 is 0 Å². The third-order valence-electron chi connectivity index (χ3n) is 4.17. The van der Waals surface area contributed by atoms with Crippen molar-refractivity contribution >= 4 is 29.2 Å². The van der Waals surface area contributed by atoms with Gasteiger partial charge in [0, 0.05) is 5.69 Å². The van der Waals surface area contributed by atoms with Crippen LogP contribution in [0.2, 0.25) is 0 Å². The van der Waals surface area contributed by atoms with Gasteiger partial charge in [0.15, 0.2) is 0 Å². The molecule has 0 unspecified atom stereocenters. The molecule has 6 nitrogen and oxygen atoms in total. The number of para-hydroxylation sites is 1. The predicted molar refractivity (Wildman–Crippen MR) is 109 cm³/mol. The van der Waals surface area contributed by atoms with Crippen molar-refractivity contribution in [3.63, 3.8) is 0 Å². The fraction of sp³-hybridized carbons (Fsp3) is 0.318. The van der Waals surface area contributed by atoms with Crippen LogP contribution in [0.5, 0.6) is 0 Å². The number of benzene rings is 2. The number of esters is 1. The van der Waals surface area contributed by atoms with Crippen LogP contribution in [-0.4, -0.2) is 24.4 Å². The molecule has 0 heterocycles. The summed E-state index contributed by atoms with van der Waals surface area (Å²) in [5.41, 5.74) is 2.11. The number of unbranched alkanes of at least 4 members (excludes halogenated alkanes) is 1. The zero-order chi connectivity index (χ0) is 20.5. The van der Waals surface area contributed by atoms with Crippen LogP contribution < -0.4 is 10.6 Å². The number of amides is 2. The summed E-state index contributed by atoms with van der Waals surface area (Å²) < 4.78 is 5.19. The molecule has 0 saturated heterocycles. The van der Waals surface area contributed by atoms with Gasteiger partial charge in [-0.3, -0.25) is 9.59 Å². The summed E-state index contributed by atoms with van der Waals surface area (Å²) in [5, 5.41) is 5.03. The molecule has 6 heteroatoms. The van der Waals surface area contributed by atoms with Crippen LogP contribution in [0.15, 0.2) is 48.5 Å². The van der Waals surface area contributed by atoms with Crippen LogP contribution in [0.3, 0.4) is 0 Å². The summed E-state index contributed by atoms with van der Waals surface area (Å²) in [6, 6.07) is 13.7. The van der Waals surface area contributed by atoms with E-state index < -0.39 is 17.8 Å². The summed E-state index contributed by atoms with van der Waals surface area (Å²) in [7, 11) is 0. The Labute approximate surface area is 165 Å². The van der Waals surface area contributed by atoms with Crippen LogP contribution in [0.4, 0.5) is 11.4 Å². The Bertz CT molecular complexity index is 829. The molecule has 2 aromatic rings. The third kappa shape index (κ3) is 5.94. The molecular formula is C22H26N2O4. The van der Waals surface area contributed by atoms with Crippen molar-refractivity contribution in [2.45, 2.75) is 39.5 Å². The number of rotatable bonds is 7. The zero-order valence-corrected chi connectivity index (χ0v) is 16.5. The fourth-order valence-corrected chi connectivity index (χ4v) is 2.48. The van der Waals surface area contributed by atoms with E-state index in [9.17, 15) is 14.4 Å². The first-order valence-electron chi connectivity index (χ1n) is 9.40. The minimum absolute atomic E-state index is 0.209. The Hall–Kier alpha value is -3.15. The average molecular weight is 382 g/mol. The standard InChI is InChI=1S/C22H26N2O4/c1-4-5-14-28-22(27)18-8-6-7-9-19(18)24-21(26)20(25)23-17-12-10-16(11-13-17)15(2)3/h6-13,15H,4-5,14H2,1-3H3,(H,23,25)(H,24,26). The molecule has 0 aliphatic heterocycles. The maximum Gasteiger partial charge on any atom is 0.340 e. The third-order valence-corrected chi connectivity index (χ3v) is 4.17. The molecule has 2 amide bonds. The first-order valence-corrected chi connectivity index (χ1v) is 9.40. The van der Waals surface area contributed by atoms with Crippen LogP contribution in [0, 0.1) is 0 Å². The van der Waals surface area contributed by atoms with Gasteiger partial charge in [0.2, 0.25) is 0 Å². The van der Waals surface area contributed by atoms with Gasteiger partial charge in [-0.1, -0.05) is 51.5 Å². The molecule has 0 aliphatic carbocycles. The number of ether oxygens (including phenoxy) is 1. The Morgan fingerprint density at radius 1 is 0.929 bits per heavy atom. The molecule has 0 radical (unpaired) electrons. The SMILES string of the molecule is CCCCOC(=O)c1ccccc1NC(=O)C(=O)Nc1ccc(C(C)C)cc1. The van der Waals surface area contributed by atoms with Crippen molar-refractivity contribution in [1.82, 2.24) is 0 Å². The number of nitrogens with one attached hydrogen (secondary N) is 2. The second-order valence-electron chi connectivity index (χ2n) is 6.72. The van der Waals surface area contributed by atoms with Crippen molar-refractivity contribution in [2.75, 3.05) is 17.2 Å². The van der Waals surface area contributed by atoms with E-state index in [-0.39, 0.29) is 11.3 Å². The van der Waals surface area contributed by atoms with E-state index in [4.69, 9.17) is 4.74 Å². The normalized spacial score (nSPS) is 10.4. The first kappa shape index (κ1) is 21.2. The van der Waals surface area contributed by atoms with E-state index in [2.05, 4.69) is 24.5 Å². The molecule has 0 aliphatic rings. The minimum atomic E-state index is -0.859. The molecule has 0 spiro atoms. The van der Waals surface area contributed by atoms with Gasteiger partial charge in [0.05, 0.1) is 17.9 Å². The van der Waals surface area contributed by atoms with Crippen LogP contribution >= 0.6 is 0 Å². The largest absolute Gasteiger partial charge is 0.462 e. The number of carbonyl (C=O) groups excluding carboxylic acids is 3. The van der Waals surface area contributed by atoms with Gasteiger partial charge in [-0.15, -0.1) is 0 Å². The molecule has 0 bridgehead atoms. The predicted octanol–water partition coefficient (Wildman–Crippen LogP) is 4.34. The summed E-state index contributed by atoms with van der Waals surface area (Å²) in [6.07, 6.45) is 1.67. The number of hydrogen-bond donors (Lipinski definition) is 2. The average Bonchev–Trinajstić information content (AvgIpc) is 2.68. The lowest BCUT2D eigenvalue weighted by molar-refractivity contribution is -0.133. The van der Waals surface area contributed by atoms with Gasteiger partial charge in [0.1, 0.15) is 0 Å². The van der Waals surface area contributed by atoms with Gasteiger partial charge < -0.3 is 15.4 Å². The van der Waals surface area contributed by atoms with Crippen molar-refractivity contribution in [3.8, 4) is 0 Å². The van der Waals surface area contributed by atoms with Gasteiger partial charge in [-0.25, -0.2) is 4.79 Å².